The molecule has 1 aromatic heterocycles. The highest BCUT2D eigenvalue weighted by Crippen LogP contribution is 2.31. The summed E-state index contributed by atoms with van der Waals surface area (Å²) in [5.41, 5.74) is 2.20. The summed E-state index contributed by atoms with van der Waals surface area (Å²) in [6, 6.07) is 14.7. The van der Waals surface area contributed by atoms with Crippen molar-refractivity contribution in [2.45, 2.75) is 11.3 Å². The van der Waals surface area contributed by atoms with E-state index >= 15 is 0 Å². The number of thioether (sulfide) groups is 2. The van der Waals surface area contributed by atoms with Crippen molar-refractivity contribution in [1.82, 2.24) is 4.98 Å². The third-order valence-corrected chi connectivity index (χ3v) is 6.86. The Hall–Kier alpha value is -2.56. The lowest BCUT2D eigenvalue weighted by molar-refractivity contribution is -0.139. The number of amides is 2. The van der Waals surface area contributed by atoms with Crippen molar-refractivity contribution in [2.75, 3.05) is 34.5 Å². The molecular formula is C21H21N3O4S3. The highest BCUT2D eigenvalue weighted by Gasteiger charge is 2.11. The molecule has 0 aliphatic heterocycles. The highest BCUT2D eigenvalue weighted by molar-refractivity contribution is 8.01. The van der Waals surface area contributed by atoms with Crippen molar-refractivity contribution in [2.24, 2.45) is 0 Å². The highest BCUT2D eigenvalue weighted by atomic mass is 32.2. The fourth-order valence-electron chi connectivity index (χ4n) is 2.52. The number of aromatic nitrogens is 1. The minimum Gasteiger partial charge on any atom is -0.465 e. The molecule has 2 N–H and O–H groups in total. The average Bonchev–Trinajstić information content (AvgIpc) is 3.15. The summed E-state index contributed by atoms with van der Waals surface area (Å²) >= 11 is 4.04. The van der Waals surface area contributed by atoms with Crippen molar-refractivity contribution >= 4 is 74.2 Å². The van der Waals surface area contributed by atoms with E-state index in [2.05, 4.69) is 15.6 Å². The first-order valence-corrected chi connectivity index (χ1v) is 12.4. The molecule has 2 amide bonds. The summed E-state index contributed by atoms with van der Waals surface area (Å²) in [5, 5.41) is 5.62. The average molecular weight is 476 g/mol. The molecular weight excluding hydrogens is 454 g/mol. The Morgan fingerprint density at radius 3 is 2.39 bits per heavy atom. The SMILES string of the molecule is CCOC(=O)CSc1nc2ccc(NC(=O)CSCC(=O)Nc3ccccc3)cc2s1. The van der Waals surface area contributed by atoms with E-state index in [0.29, 0.717) is 12.3 Å². The minimum absolute atomic E-state index is 0.150. The van der Waals surface area contributed by atoms with Gasteiger partial charge in [0.05, 0.1) is 34.1 Å². The van der Waals surface area contributed by atoms with Crippen molar-refractivity contribution in [3.05, 3.63) is 48.5 Å². The van der Waals surface area contributed by atoms with Gasteiger partial charge < -0.3 is 15.4 Å². The van der Waals surface area contributed by atoms with Crippen LogP contribution in [0, 0.1) is 0 Å². The maximum absolute atomic E-state index is 12.2. The maximum atomic E-state index is 12.2. The quantitative estimate of drug-likeness (QED) is 0.334. The standard InChI is InChI=1S/C21H21N3O4S3/c1-2-28-20(27)13-30-21-24-16-9-8-15(10-17(16)31-21)23-19(26)12-29-11-18(25)22-14-6-4-3-5-7-14/h3-10H,2,11-13H2,1H3,(H,22,25)(H,23,26). The van der Waals surface area contributed by atoms with Gasteiger partial charge in [0.15, 0.2) is 4.34 Å². The first kappa shape index (κ1) is 23.1. The van der Waals surface area contributed by atoms with Crippen LogP contribution in [0.25, 0.3) is 10.2 Å². The van der Waals surface area contributed by atoms with Crippen LogP contribution in [0.4, 0.5) is 11.4 Å². The van der Waals surface area contributed by atoms with Crippen LogP contribution in [0.15, 0.2) is 52.9 Å². The van der Waals surface area contributed by atoms with Crippen LogP contribution in [0.2, 0.25) is 0 Å². The lowest BCUT2D eigenvalue weighted by atomic mass is 10.3. The van der Waals surface area contributed by atoms with E-state index in [1.165, 1.54) is 34.9 Å². The number of nitrogens with zero attached hydrogens (tertiary/aromatic N) is 1. The van der Waals surface area contributed by atoms with Crippen molar-refractivity contribution in [1.29, 1.82) is 0 Å². The monoisotopic (exact) mass is 475 g/mol. The number of thiazole rings is 1. The van der Waals surface area contributed by atoms with Gasteiger partial charge in [-0.1, -0.05) is 30.0 Å². The Morgan fingerprint density at radius 1 is 0.968 bits per heavy atom. The summed E-state index contributed by atoms with van der Waals surface area (Å²) in [5.74, 6) is -0.0245. The zero-order valence-electron chi connectivity index (χ0n) is 16.8. The van der Waals surface area contributed by atoms with E-state index < -0.39 is 0 Å². The molecule has 162 valence electrons. The van der Waals surface area contributed by atoms with Gasteiger partial charge in [-0.05, 0) is 37.3 Å². The number of benzene rings is 2. The van der Waals surface area contributed by atoms with Gasteiger partial charge >= 0.3 is 5.97 Å². The zero-order chi connectivity index (χ0) is 22.1. The predicted octanol–water partition coefficient (Wildman–Crippen LogP) is 4.26. The molecule has 0 unspecified atom stereocenters. The topological polar surface area (TPSA) is 97.4 Å². The molecule has 0 bridgehead atoms. The summed E-state index contributed by atoms with van der Waals surface area (Å²) in [4.78, 5) is 40.1. The second-order valence-corrected chi connectivity index (χ2v) is 9.45. The number of esters is 1. The van der Waals surface area contributed by atoms with Crippen molar-refractivity contribution in [3.8, 4) is 0 Å². The molecule has 2 aromatic carbocycles. The van der Waals surface area contributed by atoms with Gasteiger partial charge in [-0.25, -0.2) is 4.98 Å². The Labute approximate surface area is 192 Å². The molecule has 0 radical (unpaired) electrons. The lowest BCUT2D eigenvalue weighted by Crippen LogP contribution is -2.18. The number of nitrogens with one attached hydrogen (secondary N) is 2. The molecule has 0 aliphatic rings. The van der Waals surface area contributed by atoms with Crippen LogP contribution >= 0.6 is 34.9 Å². The molecule has 7 nitrogen and oxygen atoms in total. The smallest absolute Gasteiger partial charge is 0.316 e. The maximum Gasteiger partial charge on any atom is 0.316 e. The van der Waals surface area contributed by atoms with Gasteiger partial charge in [-0.3, -0.25) is 14.4 Å². The van der Waals surface area contributed by atoms with Crippen LogP contribution in [-0.2, 0) is 19.1 Å². The van der Waals surface area contributed by atoms with Gasteiger partial charge in [0.1, 0.15) is 0 Å². The number of anilines is 2. The van der Waals surface area contributed by atoms with E-state index in [9.17, 15) is 14.4 Å². The number of fused-ring (bicyclic) bond motifs is 1. The van der Waals surface area contributed by atoms with E-state index in [0.717, 1.165) is 20.2 Å². The molecule has 10 heteroatoms. The first-order valence-electron chi connectivity index (χ1n) is 9.45. The third-order valence-electron chi connectivity index (χ3n) is 3.80. The van der Waals surface area contributed by atoms with Crippen LogP contribution in [-0.4, -0.2) is 46.6 Å². The lowest BCUT2D eigenvalue weighted by Gasteiger charge is -2.06. The number of hydrogen-bond acceptors (Lipinski definition) is 8. The van der Waals surface area contributed by atoms with E-state index in [-0.39, 0.29) is 35.0 Å². The number of hydrogen-bond donors (Lipinski definition) is 2. The molecule has 0 saturated carbocycles. The van der Waals surface area contributed by atoms with Crippen molar-refractivity contribution < 1.29 is 19.1 Å². The predicted molar refractivity (Wildman–Crippen MR) is 128 cm³/mol. The molecule has 0 fully saturated rings. The van der Waals surface area contributed by atoms with E-state index in [1.807, 2.05) is 42.5 Å². The largest absolute Gasteiger partial charge is 0.465 e. The Morgan fingerprint density at radius 2 is 1.68 bits per heavy atom. The number of rotatable bonds is 10. The van der Waals surface area contributed by atoms with Crippen LogP contribution in [0.1, 0.15) is 6.92 Å². The summed E-state index contributed by atoms with van der Waals surface area (Å²) in [6.07, 6.45) is 0. The molecule has 1 heterocycles. The van der Waals surface area contributed by atoms with Crippen LogP contribution in [0.3, 0.4) is 0 Å². The Balaban J connectivity index is 1.45. The Bertz CT molecular complexity index is 1060. The minimum atomic E-state index is -0.269. The second-order valence-electron chi connectivity index (χ2n) is 6.21. The van der Waals surface area contributed by atoms with Crippen molar-refractivity contribution in [3.63, 3.8) is 0 Å². The molecule has 31 heavy (non-hydrogen) atoms. The fraction of sp³-hybridized carbons (Fsp3) is 0.238. The second kappa shape index (κ2) is 11.7. The number of carbonyl (C=O) groups excluding carboxylic acids is 3. The van der Waals surface area contributed by atoms with E-state index in [1.54, 1.807) is 13.0 Å². The number of para-hydroxylation sites is 1. The Kier molecular flexibility index (Phi) is 8.74. The summed E-state index contributed by atoms with van der Waals surface area (Å²) < 4.78 is 6.61. The summed E-state index contributed by atoms with van der Waals surface area (Å²) in [6.45, 7) is 2.13. The number of ether oxygens (including phenoxy) is 1. The third kappa shape index (κ3) is 7.57. The molecule has 0 aliphatic carbocycles. The van der Waals surface area contributed by atoms with E-state index in [4.69, 9.17) is 4.74 Å². The molecule has 3 aromatic rings. The molecule has 0 spiro atoms. The zero-order valence-corrected chi connectivity index (χ0v) is 19.2. The molecule has 3 rings (SSSR count). The van der Waals surface area contributed by atoms with Gasteiger partial charge in [-0.15, -0.1) is 23.1 Å². The van der Waals surface area contributed by atoms with Crippen LogP contribution in [0.5, 0.6) is 0 Å². The van der Waals surface area contributed by atoms with Crippen LogP contribution < -0.4 is 10.6 Å². The molecule has 0 saturated heterocycles. The fourth-order valence-corrected chi connectivity index (χ4v) is 5.04. The van der Waals surface area contributed by atoms with Gasteiger partial charge in [0.2, 0.25) is 11.8 Å². The molecule has 0 atom stereocenters. The van der Waals surface area contributed by atoms with Gasteiger partial charge in [0, 0.05) is 11.4 Å². The summed E-state index contributed by atoms with van der Waals surface area (Å²) in [7, 11) is 0. The van der Waals surface area contributed by atoms with Gasteiger partial charge in [-0.2, -0.15) is 0 Å². The first-order chi connectivity index (χ1) is 15.0. The number of carbonyl (C=O) groups is 3. The van der Waals surface area contributed by atoms with Gasteiger partial charge in [0.25, 0.3) is 0 Å². The normalized spacial score (nSPS) is 10.6.